The second-order valence-electron chi connectivity index (χ2n) is 6.41. The van der Waals surface area contributed by atoms with Gasteiger partial charge in [0.25, 0.3) is 0 Å². The van der Waals surface area contributed by atoms with Crippen LogP contribution in [0.4, 0.5) is 5.82 Å². The lowest BCUT2D eigenvalue weighted by atomic mass is 10.1. The van der Waals surface area contributed by atoms with E-state index >= 15 is 0 Å². The molecule has 2 aliphatic heterocycles. The Labute approximate surface area is 128 Å². The first-order chi connectivity index (χ1) is 10.3. The first kappa shape index (κ1) is 14.8. The minimum Gasteiger partial charge on any atom is -0.355 e. The van der Waals surface area contributed by atoms with E-state index in [4.69, 9.17) is 0 Å². The number of nitrogens with zero attached hydrogens (tertiary/aromatic N) is 3. The molecule has 2 atom stereocenters. The number of likely N-dealkylation sites (tertiary alicyclic amines) is 1. The Bertz CT molecular complexity index is 456. The van der Waals surface area contributed by atoms with Gasteiger partial charge in [0.2, 0.25) is 0 Å². The van der Waals surface area contributed by atoms with Crippen molar-refractivity contribution in [3.8, 4) is 0 Å². The van der Waals surface area contributed by atoms with Crippen LogP contribution in [0, 0.1) is 0 Å². The maximum Gasteiger partial charge on any atom is 0.133 e. The fourth-order valence-electron chi connectivity index (χ4n) is 3.68. The summed E-state index contributed by atoms with van der Waals surface area (Å²) in [6.45, 7) is 7.07. The van der Waals surface area contributed by atoms with Crippen molar-refractivity contribution in [1.82, 2.24) is 15.2 Å². The molecule has 0 aliphatic carbocycles. The SMILES string of the molecule is CNC(C)c1cccnc1N1CCC(N2CCCCC2)C1. The maximum absolute atomic E-state index is 4.68. The summed E-state index contributed by atoms with van der Waals surface area (Å²) in [5.74, 6) is 1.18. The molecule has 0 amide bonds. The van der Waals surface area contributed by atoms with Crippen LogP contribution in [0.25, 0.3) is 0 Å². The van der Waals surface area contributed by atoms with E-state index in [1.807, 2.05) is 19.3 Å². The molecule has 4 nitrogen and oxygen atoms in total. The van der Waals surface area contributed by atoms with Crippen LogP contribution in [0.5, 0.6) is 0 Å². The number of pyridine rings is 1. The largest absolute Gasteiger partial charge is 0.355 e. The predicted octanol–water partition coefficient (Wildman–Crippen LogP) is 2.43. The molecule has 1 aromatic heterocycles. The number of rotatable bonds is 4. The molecule has 0 radical (unpaired) electrons. The Kier molecular flexibility index (Phi) is 4.76. The Hall–Kier alpha value is -1.13. The lowest BCUT2D eigenvalue weighted by Crippen LogP contribution is -2.41. The summed E-state index contributed by atoms with van der Waals surface area (Å²) in [5.41, 5.74) is 1.32. The summed E-state index contributed by atoms with van der Waals surface area (Å²) < 4.78 is 0. The molecular formula is C17H28N4. The third-order valence-corrected chi connectivity index (χ3v) is 5.09. The van der Waals surface area contributed by atoms with Gasteiger partial charge in [-0.3, -0.25) is 4.90 Å². The van der Waals surface area contributed by atoms with E-state index in [0.717, 1.165) is 19.1 Å². The van der Waals surface area contributed by atoms with E-state index in [1.165, 1.54) is 50.2 Å². The lowest BCUT2D eigenvalue weighted by Gasteiger charge is -2.32. The summed E-state index contributed by atoms with van der Waals surface area (Å²) in [7, 11) is 2.02. The number of aromatic nitrogens is 1. The van der Waals surface area contributed by atoms with E-state index in [2.05, 4.69) is 33.1 Å². The van der Waals surface area contributed by atoms with Crippen molar-refractivity contribution >= 4 is 5.82 Å². The highest BCUT2D eigenvalue weighted by atomic mass is 15.3. The van der Waals surface area contributed by atoms with Crippen molar-refractivity contribution in [2.75, 3.05) is 38.1 Å². The molecule has 2 fully saturated rings. The third-order valence-electron chi connectivity index (χ3n) is 5.09. The molecule has 3 rings (SSSR count). The van der Waals surface area contributed by atoms with Crippen LogP contribution in [0.15, 0.2) is 18.3 Å². The van der Waals surface area contributed by atoms with Crippen molar-refractivity contribution in [2.24, 2.45) is 0 Å². The van der Waals surface area contributed by atoms with Gasteiger partial charge >= 0.3 is 0 Å². The predicted molar refractivity (Wildman–Crippen MR) is 87.8 cm³/mol. The van der Waals surface area contributed by atoms with Gasteiger partial charge in [-0.15, -0.1) is 0 Å². The summed E-state index contributed by atoms with van der Waals surface area (Å²) in [5, 5.41) is 3.34. The smallest absolute Gasteiger partial charge is 0.133 e. The first-order valence-electron chi connectivity index (χ1n) is 8.41. The monoisotopic (exact) mass is 288 g/mol. The fraction of sp³-hybridized carbons (Fsp3) is 0.706. The van der Waals surface area contributed by atoms with Gasteiger partial charge in [0.1, 0.15) is 5.82 Å². The molecular weight excluding hydrogens is 260 g/mol. The van der Waals surface area contributed by atoms with Crippen LogP contribution in [0.1, 0.15) is 44.2 Å². The molecule has 116 valence electrons. The van der Waals surface area contributed by atoms with Gasteiger partial charge in [-0.25, -0.2) is 4.98 Å². The summed E-state index contributed by atoms with van der Waals surface area (Å²) >= 11 is 0. The summed E-state index contributed by atoms with van der Waals surface area (Å²) in [4.78, 5) is 9.87. The molecule has 1 aromatic rings. The quantitative estimate of drug-likeness (QED) is 0.922. The molecule has 4 heteroatoms. The van der Waals surface area contributed by atoms with E-state index in [-0.39, 0.29) is 0 Å². The average Bonchev–Trinajstić information content (AvgIpc) is 3.05. The Morgan fingerprint density at radius 2 is 2.05 bits per heavy atom. The van der Waals surface area contributed by atoms with Gasteiger partial charge in [-0.05, 0) is 52.4 Å². The van der Waals surface area contributed by atoms with Crippen molar-refractivity contribution in [3.05, 3.63) is 23.9 Å². The summed E-state index contributed by atoms with van der Waals surface area (Å²) in [6.07, 6.45) is 7.38. The lowest BCUT2D eigenvalue weighted by molar-refractivity contribution is 0.174. The molecule has 0 spiro atoms. The molecule has 21 heavy (non-hydrogen) atoms. The normalized spacial score (nSPS) is 25.2. The topological polar surface area (TPSA) is 31.4 Å². The minimum absolute atomic E-state index is 0.350. The van der Waals surface area contributed by atoms with Gasteiger partial charge in [0.15, 0.2) is 0 Å². The van der Waals surface area contributed by atoms with E-state index in [1.54, 1.807) is 0 Å². The number of anilines is 1. The number of hydrogen-bond acceptors (Lipinski definition) is 4. The highest BCUT2D eigenvalue weighted by Gasteiger charge is 2.30. The molecule has 2 saturated heterocycles. The second-order valence-corrected chi connectivity index (χ2v) is 6.41. The molecule has 1 N–H and O–H groups in total. The number of nitrogens with one attached hydrogen (secondary N) is 1. The Balaban J connectivity index is 1.71. The van der Waals surface area contributed by atoms with Crippen LogP contribution in [0.2, 0.25) is 0 Å². The molecule has 3 heterocycles. The van der Waals surface area contributed by atoms with Crippen LogP contribution >= 0.6 is 0 Å². The van der Waals surface area contributed by atoms with Crippen LogP contribution < -0.4 is 10.2 Å². The highest BCUT2D eigenvalue weighted by molar-refractivity contribution is 5.49. The standard InChI is InChI=1S/C17H28N4/c1-14(18-2)16-7-6-9-19-17(16)21-12-8-15(13-21)20-10-4-3-5-11-20/h6-7,9,14-15,18H,3-5,8,10-13H2,1-2H3. The molecule has 2 unspecified atom stereocenters. The van der Waals surface area contributed by atoms with Gasteiger partial charge in [0.05, 0.1) is 0 Å². The molecule has 0 aromatic carbocycles. The fourth-order valence-corrected chi connectivity index (χ4v) is 3.68. The second kappa shape index (κ2) is 6.75. The van der Waals surface area contributed by atoms with E-state index in [9.17, 15) is 0 Å². The number of hydrogen-bond donors (Lipinski definition) is 1. The van der Waals surface area contributed by atoms with Crippen molar-refractivity contribution in [1.29, 1.82) is 0 Å². The van der Waals surface area contributed by atoms with Gasteiger partial charge in [-0.2, -0.15) is 0 Å². The average molecular weight is 288 g/mol. The molecule has 0 saturated carbocycles. The maximum atomic E-state index is 4.68. The van der Waals surface area contributed by atoms with E-state index < -0.39 is 0 Å². The van der Waals surface area contributed by atoms with Crippen molar-refractivity contribution in [3.63, 3.8) is 0 Å². The Morgan fingerprint density at radius 1 is 1.24 bits per heavy atom. The summed E-state index contributed by atoms with van der Waals surface area (Å²) in [6, 6.07) is 5.33. The highest BCUT2D eigenvalue weighted by Crippen LogP contribution is 2.28. The van der Waals surface area contributed by atoms with Crippen molar-refractivity contribution in [2.45, 2.75) is 44.7 Å². The van der Waals surface area contributed by atoms with Gasteiger partial charge in [0, 0.05) is 36.9 Å². The minimum atomic E-state index is 0.350. The van der Waals surface area contributed by atoms with Crippen molar-refractivity contribution < 1.29 is 0 Å². The molecule has 2 aliphatic rings. The van der Waals surface area contributed by atoms with Gasteiger partial charge < -0.3 is 10.2 Å². The molecule has 0 bridgehead atoms. The van der Waals surface area contributed by atoms with Crippen LogP contribution in [0.3, 0.4) is 0 Å². The van der Waals surface area contributed by atoms with E-state index in [0.29, 0.717) is 6.04 Å². The Morgan fingerprint density at radius 3 is 2.81 bits per heavy atom. The van der Waals surface area contributed by atoms with Gasteiger partial charge in [-0.1, -0.05) is 12.5 Å². The zero-order valence-corrected chi connectivity index (χ0v) is 13.4. The number of piperidine rings is 1. The zero-order chi connectivity index (χ0) is 14.7. The van der Waals surface area contributed by atoms with Crippen LogP contribution in [-0.2, 0) is 0 Å². The van der Waals surface area contributed by atoms with Crippen LogP contribution in [-0.4, -0.2) is 49.2 Å². The zero-order valence-electron chi connectivity index (χ0n) is 13.4. The third kappa shape index (κ3) is 3.22. The first-order valence-corrected chi connectivity index (χ1v) is 8.41.